The number of aryl methyl sites for hydroxylation is 1. The summed E-state index contributed by atoms with van der Waals surface area (Å²) in [4.78, 5) is 4.34. The van der Waals surface area contributed by atoms with Gasteiger partial charge in [0.15, 0.2) is 0 Å². The van der Waals surface area contributed by atoms with E-state index >= 15 is 0 Å². The number of halogens is 1. The van der Waals surface area contributed by atoms with Gasteiger partial charge in [-0.15, -0.1) is 0 Å². The Labute approximate surface area is 137 Å². The van der Waals surface area contributed by atoms with Gasteiger partial charge in [0, 0.05) is 28.1 Å². The minimum Gasteiger partial charge on any atom is -0.366 e. The van der Waals surface area contributed by atoms with E-state index < -0.39 is 0 Å². The van der Waals surface area contributed by atoms with Crippen molar-refractivity contribution in [2.75, 3.05) is 5.32 Å². The SMILES string of the molecule is Cc1nn(-c2ccccc2)cc1CNc1ccc(I)cn1. The maximum absolute atomic E-state index is 4.56. The fraction of sp³-hybridized carbons (Fsp3) is 0.125. The first-order valence-corrected chi connectivity index (χ1v) is 7.76. The number of hydrogen-bond donors (Lipinski definition) is 1. The van der Waals surface area contributed by atoms with Gasteiger partial charge in [0.25, 0.3) is 0 Å². The van der Waals surface area contributed by atoms with Crippen LogP contribution in [0.3, 0.4) is 0 Å². The lowest BCUT2D eigenvalue weighted by Crippen LogP contribution is -2.01. The molecule has 0 aliphatic heterocycles. The second-order valence-corrected chi connectivity index (χ2v) is 5.98. The third kappa shape index (κ3) is 3.41. The van der Waals surface area contributed by atoms with Crippen molar-refractivity contribution in [2.24, 2.45) is 0 Å². The van der Waals surface area contributed by atoms with Crippen LogP contribution in [0.5, 0.6) is 0 Å². The van der Waals surface area contributed by atoms with Crippen LogP contribution in [0.25, 0.3) is 5.69 Å². The summed E-state index contributed by atoms with van der Waals surface area (Å²) in [6, 6.07) is 14.1. The maximum Gasteiger partial charge on any atom is 0.126 e. The van der Waals surface area contributed by atoms with Gasteiger partial charge in [-0.2, -0.15) is 5.10 Å². The van der Waals surface area contributed by atoms with Gasteiger partial charge >= 0.3 is 0 Å². The van der Waals surface area contributed by atoms with Crippen molar-refractivity contribution in [1.82, 2.24) is 14.8 Å². The van der Waals surface area contributed by atoms with Crippen molar-refractivity contribution < 1.29 is 0 Å². The summed E-state index contributed by atoms with van der Waals surface area (Å²) in [7, 11) is 0. The number of benzene rings is 1. The maximum atomic E-state index is 4.56. The molecule has 0 aliphatic rings. The van der Waals surface area contributed by atoms with Gasteiger partial charge in [0.1, 0.15) is 5.82 Å². The molecule has 3 rings (SSSR count). The summed E-state index contributed by atoms with van der Waals surface area (Å²) in [5.41, 5.74) is 3.26. The topological polar surface area (TPSA) is 42.7 Å². The van der Waals surface area contributed by atoms with Crippen LogP contribution >= 0.6 is 22.6 Å². The molecule has 106 valence electrons. The molecule has 0 saturated carbocycles. The van der Waals surface area contributed by atoms with Gasteiger partial charge in [-0.05, 0) is 53.8 Å². The number of hydrogen-bond acceptors (Lipinski definition) is 3. The average molecular weight is 390 g/mol. The van der Waals surface area contributed by atoms with Gasteiger partial charge in [0.2, 0.25) is 0 Å². The van der Waals surface area contributed by atoms with Crippen LogP contribution in [0, 0.1) is 10.5 Å². The van der Waals surface area contributed by atoms with E-state index in [-0.39, 0.29) is 0 Å². The minimum atomic E-state index is 0.715. The molecular formula is C16H15IN4. The monoisotopic (exact) mass is 390 g/mol. The summed E-state index contributed by atoms with van der Waals surface area (Å²) >= 11 is 2.25. The Kier molecular flexibility index (Phi) is 4.19. The van der Waals surface area contributed by atoms with Gasteiger partial charge < -0.3 is 5.32 Å². The molecule has 0 bridgehead atoms. The summed E-state index contributed by atoms with van der Waals surface area (Å²) in [6.07, 6.45) is 3.91. The third-order valence-electron chi connectivity index (χ3n) is 3.21. The van der Waals surface area contributed by atoms with E-state index in [1.54, 1.807) is 0 Å². The van der Waals surface area contributed by atoms with Crippen LogP contribution in [0.2, 0.25) is 0 Å². The minimum absolute atomic E-state index is 0.715. The molecule has 0 amide bonds. The molecule has 0 radical (unpaired) electrons. The highest BCUT2D eigenvalue weighted by Gasteiger charge is 2.06. The molecule has 1 N–H and O–H groups in total. The number of para-hydroxylation sites is 1. The van der Waals surface area contributed by atoms with E-state index in [9.17, 15) is 0 Å². The van der Waals surface area contributed by atoms with E-state index in [0.717, 1.165) is 20.8 Å². The molecule has 0 unspecified atom stereocenters. The molecule has 0 atom stereocenters. The molecule has 2 heterocycles. The summed E-state index contributed by atoms with van der Waals surface area (Å²) in [6.45, 7) is 2.74. The smallest absolute Gasteiger partial charge is 0.126 e. The number of anilines is 1. The number of pyridine rings is 1. The van der Waals surface area contributed by atoms with E-state index in [1.807, 2.05) is 60.3 Å². The average Bonchev–Trinajstić information content (AvgIpc) is 2.89. The predicted octanol–water partition coefficient (Wildman–Crippen LogP) is 3.79. The summed E-state index contributed by atoms with van der Waals surface area (Å²) in [5.74, 6) is 0.877. The van der Waals surface area contributed by atoms with Crippen molar-refractivity contribution in [1.29, 1.82) is 0 Å². The largest absolute Gasteiger partial charge is 0.366 e. The highest BCUT2D eigenvalue weighted by Crippen LogP contribution is 2.14. The van der Waals surface area contributed by atoms with Crippen molar-refractivity contribution in [2.45, 2.75) is 13.5 Å². The van der Waals surface area contributed by atoms with E-state index in [1.165, 1.54) is 5.56 Å². The van der Waals surface area contributed by atoms with Gasteiger partial charge in [-0.3, -0.25) is 0 Å². The zero-order chi connectivity index (χ0) is 14.7. The zero-order valence-corrected chi connectivity index (χ0v) is 13.8. The highest BCUT2D eigenvalue weighted by molar-refractivity contribution is 14.1. The van der Waals surface area contributed by atoms with Gasteiger partial charge in [-0.1, -0.05) is 18.2 Å². The Morgan fingerprint density at radius 3 is 2.67 bits per heavy atom. The second kappa shape index (κ2) is 6.26. The van der Waals surface area contributed by atoms with E-state index in [0.29, 0.717) is 6.54 Å². The van der Waals surface area contributed by atoms with Crippen LogP contribution in [-0.4, -0.2) is 14.8 Å². The molecule has 5 heteroatoms. The van der Waals surface area contributed by atoms with Crippen molar-refractivity contribution in [3.63, 3.8) is 0 Å². The molecule has 4 nitrogen and oxygen atoms in total. The van der Waals surface area contributed by atoms with Crippen LogP contribution in [0.4, 0.5) is 5.82 Å². The molecule has 0 fully saturated rings. The molecule has 0 aliphatic carbocycles. The fourth-order valence-corrected chi connectivity index (χ4v) is 2.37. The first-order chi connectivity index (χ1) is 10.2. The van der Waals surface area contributed by atoms with E-state index in [2.05, 4.69) is 44.2 Å². The Bertz CT molecular complexity index is 720. The quantitative estimate of drug-likeness (QED) is 0.690. The Morgan fingerprint density at radius 2 is 1.95 bits per heavy atom. The second-order valence-electron chi connectivity index (χ2n) is 4.74. The summed E-state index contributed by atoms with van der Waals surface area (Å²) < 4.78 is 3.04. The third-order valence-corrected chi connectivity index (χ3v) is 3.85. The van der Waals surface area contributed by atoms with Crippen LogP contribution in [0.1, 0.15) is 11.3 Å². The number of nitrogens with zero attached hydrogens (tertiary/aromatic N) is 3. The predicted molar refractivity (Wildman–Crippen MR) is 92.6 cm³/mol. The Balaban J connectivity index is 1.74. The summed E-state index contributed by atoms with van der Waals surface area (Å²) in [5, 5.41) is 7.89. The van der Waals surface area contributed by atoms with Gasteiger partial charge in [0.05, 0.1) is 11.4 Å². The van der Waals surface area contributed by atoms with E-state index in [4.69, 9.17) is 0 Å². The lowest BCUT2D eigenvalue weighted by molar-refractivity contribution is 0.863. The first-order valence-electron chi connectivity index (χ1n) is 6.68. The fourth-order valence-electron chi connectivity index (χ4n) is 2.05. The standard InChI is InChI=1S/C16H15IN4/c1-12-13(9-18-16-8-7-14(17)10-19-16)11-21(20-12)15-5-3-2-4-6-15/h2-8,10-11H,9H2,1H3,(H,18,19). The number of nitrogens with one attached hydrogen (secondary N) is 1. The van der Waals surface area contributed by atoms with Crippen molar-refractivity contribution >= 4 is 28.4 Å². The van der Waals surface area contributed by atoms with Crippen molar-refractivity contribution in [3.05, 3.63) is 69.7 Å². The molecule has 0 saturated heterocycles. The molecular weight excluding hydrogens is 375 g/mol. The first kappa shape index (κ1) is 14.1. The zero-order valence-electron chi connectivity index (χ0n) is 11.6. The van der Waals surface area contributed by atoms with Crippen LogP contribution in [0.15, 0.2) is 54.9 Å². The number of aromatic nitrogens is 3. The van der Waals surface area contributed by atoms with Crippen molar-refractivity contribution in [3.8, 4) is 5.69 Å². The van der Waals surface area contributed by atoms with Gasteiger partial charge in [-0.25, -0.2) is 9.67 Å². The Morgan fingerprint density at radius 1 is 1.14 bits per heavy atom. The molecule has 1 aromatic carbocycles. The lowest BCUT2D eigenvalue weighted by Gasteiger charge is -2.04. The highest BCUT2D eigenvalue weighted by atomic mass is 127. The molecule has 0 spiro atoms. The molecule has 21 heavy (non-hydrogen) atoms. The molecule has 3 aromatic rings. The van der Waals surface area contributed by atoms with Crippen LogP contribution in [-0.2, 0) is 6.54 Å². The number of rotatable bonds is 4. The molecule has 2 aromatic heterocycles. The Hall–Kier alpha value is -1.89. The van der Waals surface area contributed by atoms with Crippen LogP contribution < -0.4 is 5.32 Å². The normalized spacial score (nSPS) is 10.6. The lowest BCUT2D eigenvalue weighted by atomic mass is 10.2.